The molecule has 2 aromatic carbocycles. The summed E-state index contributed by atoms with van der Waals surface area (Å²) in [5.41, 5.74) is 3.38. The lowest BCUT2D eigenvalue weighted by molar-refractivity contribution is -0.140. The number of aliphatic hydroxyl groups excluding tert-OH is 1. The number of ketones is 1. The van der Waals surface area contributed by atoms with E-state index >= 15 is 0 Å². The average Bonchev–Trinajstić information content (AvgIpc) is 3.29. The van der Waals surface area contributed by atoms with Crippen molar-refractivity contribution in [1.29, 1.82) is 0 Å². The molecular weight excluding hydrogens is 420 g/mol. The van der Waals surface area contributed by atoms with E-state index < -0.39 is 17.7 Å². The third-order valence-electron chi connectivity index (χ3n) is 6.18. The maximum atomic E-state index is 13.1. The highest BCUT2D eigenvalue weighted by Gasteiger charge is 2.45. The summed E-state index contributed by atoms with van der Waals surface area (Å²) in [7, 11) is 5.50. The van der Waals surface area contributed by atoms with Crippen LogP contribution >= 0.6 is 0 Å². The molecule has 1 N–H and O–H groups in total. The Morgan fingerprint density at radius 2 is 1.91 bits per heavy atom. The molecule has 1 saturated heterocycles. The van der Waals surface area contributed by atoms with Crippen molar-refractivity contribution in [1.82, 2.24) is 4.90 Å². The highest BCUT2D eigenvalue weighted by atomic mass is 16.5. The molecule has 0 saturated carbocycles. The molecule has 1 amide bonds. The van der Waals surface area contributed by atoms with Crippen molar-refractivity contribution in [3.8, 4) is 5.75 Å². The highest BCUT2D eigenvalue weighted by molar-refractivity contribution is 6.46. The van der Waals surface area contributed by atoms with Gasteiger partial charge in [-0.2, -0.15) is 0 Å². The van der Waals surface area contributed by atoms with Gasteiger partial charge in [0.05, 0.1) is 11.6 Å². The minimum Gasteiger partial charge on any atom is -0.507 e. The fraction of sp³-hybridized carbons (Fsp3) is 0.385. The SMILES string of the molecule is COCCCN1C(=O)C(=O)/C(=C(/O)c2ccc3c(c2)CC(C)O3)C1c1ccc(N(C)C)cc1. The molecule has 2 unspecified atom stereocenters. The first kappa shape index (κ1) is 22.9. The van der Waals surface area contributed by atoms with E-state index in [0.717, 1.165) is 29.0 Å². The minimum atomic E-state index is -0.670. The number of anilines is 1. The summed E-state index contributed by atoms with van der Waals surface area (Å²) < 4.78 is 10.9. The minimum absolute atomic E-state index is 0.0685. The summed E-state index contributed by atoms with van der Waals surface area (Å²) in [6.07, 6.45) is 1.39. The maximum absolute atomic E-state index is 13.1. The molecule has 4 rings (SSSR count). The Morgan fingerprint density at radius 1 is 1.18 bits per heavy atom. The molecule has 7 nitrogen and oxygen atoms in total. The number of Topliss-reactive ketones (excluding diaryl/α,β-unsaturated/α-hetero) is 1. The number of rotatable bonds is 7. The topological polar surface area (TPSA) is 79.3 Å². The summed E-state index contributed by atoms with van der Waals surface area (Å²) in [6, 6.07) is 12.4. The molecule has 2 aromatic rings. The molecular formula is C26H30N2O5. The molecule has 0 bridgehead atoms. The van der Waals surface area contributed by atoms with Gasteiger partial charge in [0.1, 0.15) is 17.6 Å². The van der Waals surface area contributed by atoms with Gasteiger partial charge in [0.25, 0.3) is 11.7 Å². The lowest BCUT2D eigenvalue weighted by Gasteiger charge is -2.26. The maximum Gasteiger partial charge on any atom is 0.295 e. The zero-order chi connectivity index (χ0) is 23.7. The van der Waals surface area contributed by atoms with Gasteiger partial charge in [0.2, 0.25) is 0 Å². The first-order valence-corrected chi connectivity index (χ1v) is 11.2. The number of carbonyl (C=O) groups is 2. The molecule has 33 heavy (non-hydrogen) atoms. The molecule has 2 aliphatic heterocycles. The Bertz CT molecular complexity index is 1090. The average molecular weight is 451 g/mol. The third-order valence-corrected chi connectivity index (χ3v) is 6.18. The van der Waals surface area contributed by atoms with Crippen LogP contribution in [0.2, 0.25) is 0 Å². The van der Waals surface area contributed by atoms with Gasteiger partial charge in [-0.3, -0.25) is 9.59 Å². The van der Waals surface area contributed by atoms with Crippen LogP contribution < -0.4 is 9.64 Å². The van der Waals surface area contributed by atoms with Gasteiger partial charge in [-0.25, -0.2) is 0 Å². The van der Waals surface area contributed by atoms with E-state index in [1.54, 1.807) is 13.2 Å². The monoisotopic (exact) mass is 450 g/mol. The van der Waals surface area contributed by atoms with Gasteiger partial charge in [-0.05, 0) is 54.8 Å². The Kier molecular flexibility index (Phi) is 6.42. The Morgan fingerprint density at radius 3 is 2.58 bits per heavy atom. The Hall–Kier alpha value is -3.32. The number of hydrogen-bond donors (Lipinski definition) is 1. The Labute approximate surface area is 194 Å². The number of aliphatic hydroxyl groups is 1. The number of amides is 1. The number of methoxy groups -OCH3 is 1. The number of benzene rings is 2. The van der Waals surface area contributed by atoms with Crippen LogP contribution in [0.25, 0.3) is 5.76 Å². The molecule has 0 aliphatic carbocycles. The van der Waals surface area contributed by atoms with Crippen LogP contribution in [-0.2, 0) is 20.7 Å². The summed E-state index contributed by atoms with van der Waals surface area (Å²) in [5.74, 6) is -0.648. The molecule has 1 fully saturated rings. The fourth-order valence-electron chi connectivity index (χ4n) is 4.52. The summed E-state index contributed by atoms with van der Waals surface area (Å²) in [4.78, 5) is 29.6. The molecule has 174 valence electrons. The lowest BCUT2D eigenvalue weighted by atomic mass is 9.94. The van der Waals surface area contributed by atoms with Gasteiger partial charge >= 0.3 is 0 Å². The molecule has 2 atom stereocenters. The van der Waals surface area contributed by atoms with E-state index in [1.165, 1.54) is 4.90 Å². The van der Waals surface area contributed by atoms with Crippen LogP contribution in [0.15, 0.2) is 48.0 Å². The van der Waals surface area contributed by atoms with E-state index in [4.69, 9.17) is 9.47 Å². The normalized spacial score (nSPS) is 21.3. The number of fused-ring (bicyclic) bond motifs is 1. The van der Waals surface area contributed by atoms with Crippen molar-refractivity contribution >= 4 is 23.1 Å². The molecule has 0 radical (unpaired) electrons. The lowest BCUT2D eigenvalue weighted by Crippen LogP contribution is -2.31. The van der Waals surface area contributed by atoms with E-state index in [9.17, 15) is 14.7 Å². The summed E-state index contributed by atoms with van der Waals surface area (Å²) >= 11 is 0. The summed E-state index contributed by atoms with van der Waals surface area (Å²) in [5, 5.41) is 11.3. The van der Waals surface area contributed by atoms with Crippen molar-refractivity contribution in [2.24, 2.45) is 0 Å². The van der Waals surface area contributed by atoms with Crippen molar-refractivity contribution in [3.05, 3.63) is 64.7 Å². The molecule has 7 heteroatoms. The van der Waals surface area contributed by atoms with E-state index in [1.807, 2.05) is 62.3 Å². The highest BCUT2D eigenvalue weighted by Crippen LogP contribution is 2.41. The van der Waals surface area contributed by atoms with Gasteiger partial charge < -0.3 is 24.4 Å². The number of likely N-dealkylation sites (tertiary alicyclic amines) is 1. The smallest absolute Gasteiger partial charge is 0.295 e. The van der Waals surface area contributed by atoms with Crippen molar-refractivity contribution in [2.45, 2.75) is 31.9 Å². The Balaban J connectivity index is 1.79. The van der Waals surface area contributed by atoms with Gasteiger partial charge in [0, 0.05) is 52.0 Å². The molecule has 0 spiro atoms. The van der Waals surface area contributed by atoms with Crippen LogP contribution in [0.4, 0.5) is 5.69 Å². The van der Waals surface area contributed by atoms with Crippen molar-refractivity contribution in [3.63, 3.8) is 0 Å². The number of hydrogen-bond acceptors (Lipinski definition) is 6. The number of carbonyl (C=O) groups excluding carboxylic acids is 2. The second kappa shape index (κ2) is 9.27. The predicted molar refractivity (Wildman–Crippen MR) is 127 cm³/mol. The fourth-order valence-corrected chi connectivity index (χ4v) is 4.52. The van der Waals surface area contributed by atoms with E-state index in [-0.39, 0.29) is 17.4 Å². The van der Waals surface area contributed by atoms with Crippen LogP contribution in [0.1, 0.15) is 36.1 Å². The zero-order valence-corrected chi connectivity index (χ0v) is 19.5. The number of nitrogens with zero attached hydrogens (tertiary/aromatic N) is 2. The van der Waals surface area contributed by atoms with Crippen molar-refractivity contribution in [2.75, 3.05) is 39.3 Å². The second-order valence-electron chi connectivity index (χ2n) is 8.78. The van der Waals surface area contributed by atoms with Crippen LogP contribution in [0.3, 0.4) is 0 Å². The largest absolute Gasteiger partial charge is 0.507 e. The van der Waals surface area contributed by atoms with Crippen molar-refractivity contribution < 1.29 is 24.2 Å². The molecule has 2 aliphatic rings. The van der Waals surface area contributed by atoms with E-state index in [2.05, 4.69) is 0 Å². The summed E-state index contributed by atoms with van der Waals surface area (Å²) in [6.45, 7) is 2.81. The number of ether oxygens (including phenoxy) is 2. The third kappa shape index (κ3) is 4.33. The van der Waals surface area contributed by atoms with Crippen LogP contribution in [0.5, 0.6) is 5.75 Å². The zero-order valence-electron chi connectivity index (χ0n) is 19.5. The second-order valence-corrected chi connectivity index (χ2v) is 8.78. The van der Waals surface area contributed by atoms with Crippen LogP contribution in [-0.4, -0.2) is 62.2 Å². The standard InChI is InChI=1S/C26H30N2O5/c1-16-14-19-15-18(8-11-21(19)33-16)24(29)22-23(17-6-9-20(10-7-17)27(2)3)28(12-5-13-32-4)26(31)25(22)30/h6-11,15-16,23,29H,5,12-14H2,1-4H3/b24-22+. The van der Waals surface area contributed by atoms with Gasteiger partial charge in [-0.15, -0.1) is 0 Å². The molecule has 0 aromatic heterocycles. The first-order chi connectivity index (χ1) is 15.8. The quantitative estimate of drug-likeness (QED) is 0.301. The predicted octanol–water partition coefficient (Wildman–Crippen LogP) is 3.53. The first-order valence-electron chi connectivity index (χ1n) is 11.2. The van der Waals surface area contributed by atoms with Gasteiger partial charge in [-0.1, -0.05) is 12.1 Å². The van der Waals surface area contributed by atoms with Crippen LogP contribution in [0, 0.1) is 0 Å². The molecule has 2 heterocycles. The van der Waals surface area contributed by atoms with Gasteiger partial charge in [0.15, 0.2) is 0 Å². The van der Waals surface area contributed by atoms with E-state index in [0.29, 0.717) is 25.1 Å².